The molecule has 2 rings (SSSR count). The molecule has 1 aromatic rings. The first kappa shape index (κ1) is 15.3. The molecule has 1 aliphatic heterocycles. The van der Waals surface area contributed by atoms with Crippen LogP contribution in [0.25, 0.3) is 0 Å². The van der Waals surface area contributed by atoms with Crippen LogP contribution in [0.5, 0.6) is 0 Å². The van der Waals surface area contributed by atoms with Crippen LogP contribution in [0.4, 0.5) is 5.69 Å². The van der Waals surface area contributed by atoms with Gasteiger partial charge in [0.05, 0.1) is 0 Å². The molecule has 110 valence electrons. The Bertz CT molecular complexity index is 451. The number of anilines is 1. The molecule has 20 heavy (non-hydrogen) atoms. The number of thiocarbonyl (C=S) groups is 1. The number of rotatable bonds is 3. The van der Waals surface area contributed by atoms with Gasteiger partial charge in [0, 0.05) is 18.8 Å². The maximum absolute atomic E-state index is 5.46. The van der Waals surface area contributed by atoms with Gasteiger partial charge in [-0.1, -0.05) is 38.0 Å². The Balaban J connectivity index is 1.97. The monoisotopic (exact) mass is 291 g/mol. The number of hydrogen-bond donors (Lipinski definition) is 2. The summed E-state index contributed by atoms with van der Waals surface area (Å²) in [7, 11) is 0. The van der Waals surface area contributed by atoms with Gasteiger partial charge in [-0.05, 0) is 49.5 Å². The van der Waals surface area contributed by atoms with E-state index in [-0.39, 0.29) is 0 Å². The van der Waals surface area contributed by atoms with E-state index in [0.717, 1.165) is 25.2 Å². The average Bonchev–Trinajstić information content (AvgIpc) is 2.69. The highest BCUT2D eigenvalue weighted by Crippen LogP contribution is 2.21. The zero-order valence-electron chi connectivity index (χ0n) is 12.5. The quantitative estimate of drug-likeness (QED) is 0.832. The molecular formula is C16H25N3S. The van der Waals surface area contributed by atoms with Crippen LogP contribution in [-0.2, 0) is 6.42 Å². The highest BCUT2D eigenvalue weighted by Gasteiger charge is 2.11. The summed E-state index contributed by atoms with van der Waals surface area (Å²) in [4.78, 5) is 0. The van der Waals surface area contributed by atoms with Crippen LogP contribution >= 0.6 is 12.2 Å². The van der Waals surface area contributed by atoms with Crippen molar-refractivity contribution in [2.75, 3.05) is 18.4 Å². The lowest BCUT2D eigenvalue weighted by atomic mass is 10.1. The molecule has 0 spiro atoms. The third-order valence-electron chi connectivity index (χ3n) is 3.84. The van der Waals surface area contributed by atoms with E-state index in [0.29, 0.717) is 5.11 Å². The lowest BCUT2D eigenvalue weighted by Crippen LogP contribution is -2.44. The second-order valence-corrected chi connectivity index (χ2v) is 5.84. The molecule has 1 saturated heterocycles. The van der Waals surface area contributed by atoms with E-state index in [2.05, 4.69) is 47.8 Å². The van der Waals surface area contributed by atoms with Gasteiger partial charge in [0.2, 0.25) is 0 Å². The van der Waals surface area contributed by atoms with Crippen molar-refractivity contribution in [2.24, 2.45) is 0 Å². The van der Waals surface area contributed by atoms with Crippen LogP contribution in [0.1, 0.15) is 43.7 Å². The summed E-state index contributed by atoms with van der Waals surface area (Å²) in [6.07, 6.45) is 6.17. The lowest BCUT2D eigenvalue weighted by molar-refractivity contribution is 0.247. The fourth-order valence-electron chi connectivity index (χ4n) is 2.67. The minimum absolute atomic E-state index is 0.705. The van der Waals surface area contributed by atoms with Crippen LogP contribution in [0, 0.1) is 6.92 Å². The SMILES string of the molecule is CCc1cccc(C)c1NC(=S)NN1CCCCCC1. The molecule has 3 nitrogen and oxygen atoms in total. The van der Waals surface area contributed by atoms with Crippen LogP contribution in [0.3, 0.4) is 0 Å². The summed E-state index contributed by atoms with van der Waals surface area (Å²) in [6.45, 7) is 6.45. The van der Waals surface area contributed by atoms with Gasteiger partial charge in [-0.2, -0.15) is 0 Å². The molecule has 0 aromatic heterocycles. The zero-order chi connectivity index (χ0) is 14.4. The molecule has 0 radical (unpaired) electrons. The summed E-state index contributed by atoms with van der Waals surface area (Å²) in [5.41, 5.74) is 7.04. The Hall–Kier alpha value is -1.13. The van der Waals surface area contributed by atoms with Crippen LogP contribution in [0.2, 0.25) is 0 Å². The van der Waals surface area contributed by atoms with Gasteiger partial charge in [-0.25, -0.2) is 5.01 Å². The molecule has 1 fully saturated rings. The molecule has 0 bridgehead atoms. The first-order valence-corrected chi connectivity index (χ1v) is 8.02. The summed E-state index contributed by atoms with van der Waals surface area (Å²) >= 11 is 5.46. The minimum Gasteiger partial charge on any atom is -0.331 e. The largest absolute Gasteiger partial charge is 0.331 e. The third kappa shape index (κ3) is 4.18. The van der Waals surface area contributed by atoms with Gasteiger partial charge in [0.25, 0.3) is 0 Å². The summed E-state index contributed by atoms with van der Waals surface area (Å²) < 4.78 is 0. The van der Waals surface area contributed by atoms with Gasteiger partial charge in [-0.15, -0.1) is 0 Å². The minimum atomic E-state index is 0.705. The number of benzene rings is 1. The fourth-order valence-corrected chi connectivity index (χ4v) is 2.90. The van der Waals surface area contributed by atoms with Gasteiger partial charge < -0.3 is 5.32 Å². The van der Waals surface area contributed by atoms with E-state index in [1.165, 1.54) is 36.8 Å². The van der Waals surface area contributed by atoms with Crippen molar-refractivity contribution in [3.05, 3.63) is 29.3 Å². The molecule has 1 heterocycles. The normalized spacial score (nSPS) is 16.5. The molecule has 0 aliphatic carbocycles. The molecule has 1 aromatic carbocycles. The first-order chi connectivity index (χ1) is 9.70. The van der Waals surface area contributed by atoms with Crippen molar-refractivity contribution in [3.63, 3.8) is 0 Å². The van der Waals surface area contributed by atoms with E-state index < -0.39 is 0 Å². The van der Waals surface area contributed by atoms with Crippen molar-refractivity contribution in [3.8, 4) is 0 Å². The standard InChI is InChI=1S/C16H25N3S/c1-3-14-10-8-9-13(2)15(14)17-16(20)18-19-11-6-4-5-7-12-19/h8-10H,3-7,11-12H2,1-2H3,(H2,17,18,20). The number of para-hydroxylation sites is 1. The van der Waals surface area contributed by atoms with Crippen LogP contribution < -0.4 is 10.7 Å². The molecule has 0 saturated carbocycles. The van der Waals surface area contributed by atoms with Gasteiger partial charge >= 0.3 is 0 Å². The smallest absolute Gasteiger partial charge is 0.185 e. The van der Waals surface area contributed by atoms with Crippen molar-refractivity contribution < 1.29 is 0 Å². The average molecular weight is 291 g/mol. The maximum Gasteiger partial charge on any atom is 0.185 e. The molecule has 2 N–H and O–H groups in total. The molecule has 4 heteroatoms. The van der Waals surface area contributed by atoms with Gasteiger partial charge in [-0.3, -0.25) is 5.43 Å². The predicted octanol–water partition coefficient (Wildman–Crippen LogP) is 3.63. The predicted molar refractivity (Wildman–Crippen MR) is 90.0 cm³/mol. The van der Waals surface area contributed by atoms with Crippen molar-refractivity contribution >= 4 is 23.0 Å². The van der Waals surface area contributed by atoms with Crippen LogP contribution in [-0.4, -0.2) is 23.2 Å². The van der Waals surface area contributed by atoms with Crippen LogP contribution in [0.15, 0.2) is 18.2 Å². The number of aryl methyl sites for hydroxylation is 2. The van der Waals surface area contributed by atoms with Crippen molar-refractivity contribution in [1.29, 1.82) is 0 Å². The Labute approximate surface area is 127 Å². The number of nitrogens with one attached hydrogen (secondary N) is 2. The zero-order valence-corrected chi connectivity index (χ0v) is 13.4. The van der Waals surface area contributed by atoms with Gasteiger partial charge in [0.1, 0.15) is 0 Å². The third-order valence-corrected chi connectivity index (χ3v) is 4.04. The summed E-state index contributed by atoms with van der Waals surface area (Å²) in [6, 6.07) is 6.38. The topological polar surface area (TPSA) is 27.3 Å². The Morgan fingerprint density at radius 1 is 1.20 bits per heavy atom. The summed E-state index contributed by atoms with van der Waals surface area (Å²) in [5.74, 6) is 0. The van der Waals surface area contributed by atoms with Crippen molar-refractivity contribution in [1.82, 2.24) is 10.4 Å². The maximum atomic E-state index is 5.46. The van der Waals surface area contributed by atoms with E-state index >= 15 is 0 Å². The molecule has 0 atom stereocenters. The van der Waals surface area contributed by atoms with E-state index in [1.54, 1.807) is 0 Å². The summed E-state index contributed by atoms with van der Waals surface area (Å²) in [5, 5.41) is 6.32. The highest BCUT2D eigenvalue weighted by molar-refractivity contribution is 7.80. The molecule has 0 unspecified atom stereocenters. The number of hydrogen-bond acceptors (Lipinski definition) is 2. The lowest BCUT2D eigenvalue weighted by Gasteiger charge is -2.24. The Kier molecular flexibility index (Phi) is 5.80. The van der Waals surface area contributed by atoms with E-state index in [1.807, 2.05) is 0 Å². The number of nitrogens with zero attached hydrogens (tertiary/aromatic N) is 1. The van der Waals surface area contributed by atoms with Gasteiger partial charge in [0.15, 0.2) is 5.11 Å². The van der Waals surface area contributed by atoms with Crippen molar-refractivity contribution in [2.45, 2.75) is 46.0 Å². The Morgan fingerprint density at radius 2 is 1.90 bits per heavy atom. The van der Waals surface area contributed by atoms with E-state index in [4.69, 9.17) is 12.2 Å². The molecule has 0 amide bonds. The second kappa shape index (κ2) is 7.60. The highest BCUT2D eigenvalue weighted by atomic mass is 32.1. The first-order valence-electron chi connectivity index (χ1n) is 7.61. The van der Waals surface area contributed by atoms with E-state index in [9.17, 15) is 0 Å². The fraction of sp³-hybridized carbons (Fsp3) is 0.562. The molecule has 1 aliphatic rings. The molecular weight excluding hydrogens is 266 g/mol. The Morgan fingerprint density at radius 3 is 2.55 bits per heavy atom. The second-order valence-electron chi connectivity index (χ2n) is 5.43. The number of hydrazine groups is 1.